The Kier molecular flexibility index (Phi) is 3.95. The van der Waals surface area contributed by atoms with Gasteiger partial charge in [0.05, 0.1) is 23.9 Å². The topological polar surface area (TPSA) is 50.2 Å². The van der Waals surface area contributed by atoms with E-state index in [1.54, 1.807) is 11.3 Å². The summed E-state index contributed by atoms with van der Waals surface area (Å²) in [5.41, 5.74) is 2.66. The monoisotopic (exact) mass is 330 g/mol. The minimum Gasteiger partial charge on any atom is -0.342 e. The first kappa shape index (κ1) is 14.9. The van der Waals surface area contributed by atoms with E-state index in [1.165, 1.54) is 11.3 Å². The number of piperidine rings is 1. The smallest absolute Gasteiger partial charge is 0.230 e. The molecule has 4 rings (SSSR count). The highest BCUT2D eigenvalue weighted by atomic mass is 32.1. The second kappa shape index (κ2) is 6.09. The highest BCUT2D eigenvalue weighted by Gasteiger charge is 2.30. The predicted octanol–water partition coefficient (Wildman–Crippen LogP) is 2.52. The minimum atomic E-state index is -0.0234. The number of thiophene rings is 1. The summed E-state index contributed by atoms with van der Waals surface area (Å²) in [5, 5.41) is 10.0. The van der Waals surface area contributed by atoms with Gasteiger partial charge in [0.1, 0.15) is 0 Å². The molecular formula is C17H22N4OS. The van der Waals surface area contributed by atoms with Gasteiger partial charge >= 0.3 is 0 Å². The molecule has 122 valence electrons. The molecule has 2 aromatic heterocycles. The van der Waals surface area contributed by atoms with Crippen molar-refractivity contribution in [3.05, 3.63) is 39.8 Å². The van der Waals surface area contributed by atoms with Gasteiger partial charge in [-0.1, -0.05) is 6.07 Å². The molecule has 0 aromatic carbocycles. The van der Waals surface area contributed by atoms with E-state index in [4.69, 9.17) is 0 Å². The largest absolute Gasteiger partial charge is 0.342 e. The summed E-state index contributed by atoms with van der Waals surface area (Å²) in [4.78, 5) is 15.9. The van der Waals surface area contributed by atoms with Crippen LogP contribution in [0.2, 0.25) is 0 Å². The fourth-order valence-corrected chi connectivity index (χ4v) is 4.44. The van der Waals surface area contributed by atoms with Crippen LogP contribution in [0.15, 0.2) is 23.7 Å². The zero-order valence-corrected chi connectivity index (χ0v) is 14.2. The van der Waals surface area contributed by atoms with Gasteiger partial charge in [-0.25, -0.2) is 0 Å². The molecule has 1 saturated heterocycles. The van der Waals surface area contributed by atoms with E-state index in [-0.39, 0.29) is 11.8 Å². The summed E-state index contributed by atoms with van der Waals surface area (Å²) in [6, 6.07) is 4.50. The Labute approximate surface area is 140 Å². The number of hydrogen-bond acceptors (Lipinski definition) is 4. The van der Waals surface area contributed by atoms with Crippen LogP contribution in [0.3, 0.4) is 0 Å². The normalized spacial score (nSPS) is 19.8. The van der Waals surface area contributed by atoms with Gasteiger partial charge < -0.3 is 10.2 Å². The molecule has 5 nitrogen and oxygen atoms in total. The summed E-state index contributed by atoms with van der Waals surface area (Å²) in [5.74, 6) is 0.239. The van der Waals surface area contributed by atoms with E-state index in [9.17, 15) is 4.79 Å². The summed E-state index contributed by atoms with van der Waals surface area (Å²) in [6.07, 6.45) is 3.99. The van der Waals surface area contributed by atoms with Crippen molar-refractivity contribution in [3.63, 3.8) is 0 Å². The number of carbonyl (C=O) groups is 1. The zero-order valence-electron chi connectivity index (χ0n) is 13.4. The molecule has 4 heterocycles. The molecule has 1 N–H and O–H groups in total. The second-order valence-corrected chi connectivity index (χ2v) is 7.44. The maximum atomic E-state index is 12.7. The Bertz CT molecular complexity index is 686. The summed E-state index contributed by atoms with van der Waals surface area (Å²) < 4.78 is 2.19. The maximum Gasteiger partial charge on any atom is 0.230 e. The standard InChI is InChI=1S/C17H22N4OS/c1-12(16-3-2-8-23-16)17(22)20-6-4-14(5-7-20)21-15-11-18-9-13(15)10-19-21/h2-3,8,10,12,14,18H,4-7,9,11H2,1H3. The first-order valence-electron chi connectivity index (χ1n) is 8.32. The van der Waals surface area contributed by atoms with Crippen molar-refractivity contribution in [1.29, 1.82) is 0 Å². The lowest BCUT2D eigenvalue weighted by Gasteiger charge is -2.34. The van der Waals surface area contributed by atoms with Gasteiger partial charge in [-0.3, -0.25) is 9.48 Å². The van der Waals surface area contributed by atoms with Crippen LogP contribution in [0.1, 0.15) is 47.9 Å². The van der Waals surface area contributed by atoms with Gasteiger partial charge in [0.2, 0.25) is 5.91 Å². The van der Waals surface area contributed by atoms with Gasteiger partial charge in [0.15, 0.2) is 0 Å². The molecule has 23 heavy (non-hydrogen) atoms. The van der Waals surface area contributed by atoms with Crippen LogP contribution in [0, 0.1) is 0 Å². The first-order chi connectivity index (χ1) is 11.2. The predicted molar refractivity (Wildman–Crippen MR) is 90.4 cm³/mol. The Hall–Kier alpha value is -1.66. The third kappa shape index (κ3) is 2.70. The molecule has 1 unspecified atom stereocenters. The second-order valence-electron chi connectivity index (χ2n) is 6.46. The molecule has 0 spiro atoms. The van der Waals surface area contributed by atoms with E-state index in [0.29, 0.717) is 6.04 Å². The van der Waals surface area contributed by atoms with Gasteiger partial charge in [-0.15, -0.1) is 11.3 Å². The van der Waals surface area contributed by atoms with E-state index in [2.05, 4.69) is 21.2 Å². The molecule has 1 fully saturated rings. The lowest BCUT2D eigenvalue weighted by molar-refractivity contribution is -0.133. The van der Waals surface area contributed by atoms with Crippen molar-refractivity contribution < 1.29 is 4.79 Å². The van der Waals surface area contributed by atoms with Gasteiger partial charge in [-0.05, 0) is 31.2 Å². The highest BCUT2D eigenvalue weighted by molar-refractivity contribution is 7.10. The number of likely N-dealkylation sites (tertiary alicyclic amines) is 1. The number of aromatic nitrogens is 2. The van der Waals surface area contributed by atoms with Crippen LogP contribution >= 0.6 is 11.3 Å². The first-order valence-corrected chi connectivity index (χ1v) is 9.20. The Morgan fingerprint density at radius 3 is 2.96 bits per heavy atom. The van der Waals surface area contributed by atoms with Crippen molar-refractivity contribution in [3.8, 4) is 0 Å². The van der Waals surface area contributed by atoms with E-state index >= 15 is 0 Å². The van der Waals surface area contributed by atoms with Crippen molar-refractivity contribution in [1.82, 2.24) is 20.0 Å². The molecule has 0 radical (unpaired) electrons. The lowest BCUT2D eigenvalue weighted by atomic mass is 10.0. The third-order valence-corrected chi connectivity index (χ3v) is 6.11. The van der Waals surface area contributed by atoms with Crippen molar-refractivity contribution in [2.75, 3.05) is 13.1 Å². The summed E-state index contributed by atoms with van der Waals surface area (Å²) in [7, 11) is 0. The average molecular weight is 330 g/mol. The molecule has 6 heteroatoms. The molecule has 0 aliphatic carbocycles. The number of fused-ring (bicyclic) bond motifs is 1. The molecule has 1 atom stereocenters. The van der Waals surface area contributed by atoms with E-state index < -0.39 is 0 Å². The maximum absolute atomic E-state index is 12.7. The van der Waals surface area contributed by atoms with E-state index in [0.717, 1.165) is 43.9 Å². The van der Waals surface area contributed by atoms with Gasteiger partial charge in [-0.2, -0.15) is 5.10 Å². The average Bonchev–Trinajstić information content (AvgIpc) is 3.30. The lowest BCUT2D eigenvalue weighted by Crippen LogP contribution is -2.41. The van der Waals surface area contributed by atoms with Crippen molar-refractivity contribution in [2.45, 2.75) is 44.8 Å². The number of nitrogens with one attached hydrogen (secondary N) is 1. The summed E-state index contributed by atoms with van der Waals surface area (Å²) >= 11 is 1.67. The van der Waals surface area contributed by atoms with Crippen LogP contribution < -0.4 is 5.32 Å². The van der Waals surface area contributed by atoms with Crippen molar-refractivity contribution >= 4 is 17.2 Å². The quantitative estimate of drug-likeness (QED) is 0.941. The Balaban J connectivity index is 1.40. The summed E-state index contributed by atoms with van der Waals surface area (Å²) in [6.45, 7) is 5.55. The third-order valence-electron chi connectivity index (χ3n) is 5.06. The molecule has 2 aliphatic rings. The fourth-order valence-electron chi connectivity index (χ4n) is 3.66. The highest BCUT2D eigenvalue weighted by Crippen LogP contribution is 2.29. The van der Waals surface area contributed by atoms with Crippen LogP contribution in [0.4, 0.5) is 0 Å². The molecule has 1 amide bonds. The van der Waals surface area contributed by atoms with Crippen molar-refractivity contribution in [2.24, 2.45) is 0 Å². The zero-order chi connectivity index (χ0) is 15.8. The molecule has 2 aliphatic heterocycles. The number of rotatable bonds is 3. The van der Waals surface area contributed by atoms with Gasteiger partial charge in [0, 0.05) is 36.6 Å². The minimum absolute atomic E-state index is 0.0234. The molecule has 2 aromatic rings. The SMILES string of the molecule is CC(C(=O)N1CCC(n2ncc3c2CNC3)CC1)c1cccs1. The molecular weight excluding hydrogens is 308 g/mol. The number of amides is 1. The Morgan fingerprint density at radius 1 is 1.39 bits per heavy atom. The van der Waals surface area contributed by atoms with Crippen LogP contribution in [-0.2, 0) is 17.9 Å². The van der Waals surface area contributed by atoms with Crippen LogP contribution in [0.5, 0.6) is 0 Å². The van der Waals surface area contributed by atoms with Crippen LogP contribution in [-0.4, -0.2) is 33.7 Å². The Morgan fingerprint density at radius 2 is 2.22 bits per heavy atom. The molecule has 0 saturated carbocycles. The van der Waals surface area contributed by atoms with E-state index in [1.807, 2.05) is 29.5 Å². The molecule has 0 bridgehead atoms. The number of nitrogens with zero attached hydrogens (tertiary/aromatic N) is 3. The number of carbonyl (C=O) groups excluding carboxylic acids is 1. The number of hydrogen-bond donors (Lipinski definition) is 1. The fraction of sp³-hybridized carbons (Fsp3) is 0.529. The van der Waals surface area contributed by atoms with Crippen LogP contribution in [0.25, 0.3) is 0 Å². The van der Waals surface area contributed by atoms with Gasteiger partial charge in [0.25, 0.3) is 0 Å².